The average molecular weight is 543 g/mol. The number of carbonyl (C=O) groups excluding carboxylic acids is 2. The van der Waals surface area contributed by atoms with Crippen LogP contribution < -0.4 is 0 Å². The van der Waals surface area contributed by atoms with Crippen molar-refractivity contribution in [3.8, 4) is 0 Å². The van der Waals surface area contributed by atoms with Gasteiger partial charge in [-0.1, -0.05) is 84.6 Å². The Morgan fingerprint density at radius 3 is 1.62 bits per heavy atom. The minimum Gasteiger partial charge on any atom is -0.462 e. The second-order valence-electron chi connectivity index (χ2n) is 9.23. The molecule has 0 aliphatic heterocycles. The second-order valence-corrected chi connectivity index (χ2v) is 11.9. The Balaban J connectivity index is 4.50. The largest absolute Gasteiger partial charge is 0.544 e. The summed E-state index contributed by atoms with van der Waals surface area (Å²) in [6.07, 6.45) is 15.5. The molecule has 0 heterocycles. The van der Waals surface area contributed by atoms with E-state index in [-0.39, 0.29) is 11.1 Å². The molecule has 0 bridgehead atoms. The van der Waals surface area contributed by atoms with Gasteiger partial charge in [-0.25, -0.2) is 9.59 Å². The lowest BCUT2D eigenvalue weighted by atomic mass is 10.1. The van der Waals surface area contributed by atoms with Crippen LogP contribution in [0.25, 0.3) is 0 Å². The molecule has 0 aromatic rings. The molecule has 8 heteroatoms. The topological polar surface area (TPSA) is 80.3 Å². The first kappa shape index (κ1) is 35.5. The molecule has 1 unspecified atom stereocenters. The Bertz CT molecular complexity index is 646. The van der Waals surface area contributed by atoms with Crippen LogP contribution in [0.15, 0.2) is 23.8 Å². The average Bonchev–Trinajstić information content (AvgIpc) is 2.87. The van der Waals surface area contributed by atoms with Gasteiger partial charge in [0.05, 0.1) is 12.2 Å². The quantitative estimate of drug-likeness (QED) is 0.0418. The van der Waals surface area contributed by atoms with E-state index in [9.17, 15) is 9.59 Å². The molecule has 0 radical (unpaired) electrons. The predicted octanol–water partition coefficient (Wildman–Crippen LogP) is 7.25. The van der Waals surface area contributed by atoms with E-state index in [2.05, 4.69) is 13.5 Å². The summed E-state index contributed by atoms with van der Waals surface area (Å²) in [7, 11) is -3.22. The molecule has 37 heavy (non-hydrogen) atoms. The Labute approximate surface area is 227 Å². The number of ether oxygens (including phenoxy) is 2. The molecule has 0 amide bonds. The van der Waals surface area contributed by atoms with E-state index in [1.165, 1.54) is 57.4 Å². The third-order valence-corrected chi connectivity index (χ3v) is 9.39. The zero-order valence-corrected chi connectivity index (χ0v) is 25.5. The summed E-state index contributed by atoms with van der Waals surface area (Å²) in [4.78, 5) is 25.1. The highest BCUT2D eigenvalue weighted by atomic mass is 28.4. The van der Waals surface area contributed by atoms with Gasteiger partial charge >= 0.3 is 20.7 Å². The third-order valence-electron chi connectivity index (χ3n) is 6.01. The van der Waals surface area contributed by atoms with Gasteiger partial charge < -0.3 is 22.8 Å². The number of unbranched alkanes of at least 4 members (excludes halogenated alkanes) is 10. The smallest absolute Gasteiger partial charge is 0.462 e. The van der Waals surface area contributed by atoms with Crippen molar-refractivity contribution in [3.63, 3.8) is 0 Å². The van der Waals surface area contributed by atoms with Gasteiger partial charge in [-0.2, -0.15) is 0 Å². The van der Waals surface area contributed by atoms with E-state index in [0.29, 0.717) is 32.8 Å². The van der Waals surface area contributed by atoms with Crippen LogP contribution in [0.2, 0.25) is 0 Å². The van der Waals surface area contributed by atoms with Crippen molar-refractivity contribution in [1.29, 1.82) is 0 Å². The molecule has 0 aromatic heterocycles. The number of rotatable bonds is 24. The van der Waals surface area contributed by atoms with Crippen LogP contribution in [0.1, 0.15) is 119 Å². The SMILES string of the molecule is C=C(/C=C(\C)C(=O)OC(CC)[Si](OCC)(OCC)OCC)C(=O)OCCCCCCCCCCCCC. The lowest BCUT2D eigenvalue weighted by Crippen LogP contribution is -2.58. The molecule has 0 rings (SSSR count). The zero-order chi connectivity index (χ0) is 27.9. The Hall–Kier alpha value is -1.48. The summed E-state index contributed by atoms with van der Waals surface area (Å²) in [6.45, 7) is 16.6. The van der Waals surface area contributed by atoms with Gasteiger partial charge in [-0.05, 0) is 46.6 Å². The maximum Gasteiger partial charge on any atom is 0.544 e. The molecule has 0 saturated heterocycles. The molecule has 0 N–H and O–H groups in total. The van der Waals surface area contributed by atoms with Gasteiger partial charge in [-0.15, -0.1) is 0 Å². The summed E-state index contributed by atoms with van der Waals surface area (Å²) >= 11 is 0. The van der Waals surface area contributed by atoms with E-state index in [0.717, 1.165) is 19.3 Å². The molecule has 0 fully saturated rings. The molecule has 1 atom stereocenters. The number of hydrogen-bond donors (Lipinski definition) is 0. The highest BCUT2D eigenvalue weighted by molar-refractivity contribution is 6.62. The van der Waals surface area contributed by atoms with Crippen LogP contribution >= 0.6 is 0 Å². The van der Waals surface area contributed by atoms with Crippen molar-refractivity contribution in [2.75, 3.05) is 26.4 Å². The first-order valence-corrected chi connectivity index (χ1v) is 16.3. The number of hydrogen-bond acceptors (Lipinski definition) is 7. The predicted molar refractivity (Wildman–Crippen MR) is 151 cm³/mol. The molecule has 0 aromatic carbocycles. The van der Waals surface area contributed by atoms with Gasteiger partial charge in [0.1, 0.15) is 0 Å². The minimum absolute atomic E-state index is 0.119. The summed E-state index contributed by atoms with van der Waals surface area (Å²) in [5.41, 5.74) is -0.277. The lowest BCUT2D eigenvalue weighted by molar-refractivity contribution is -0.144. The van der Waals surface area contributed by atoms with Crippen LogP contribution in [0.5, 0.6) is 0 Å². The third kappa shape index (κ3) is 15.5. The van der Waals surface area contributed by atoms with E-state index in [1.807, 2.05) is 27.7 Å². The summed E-state index contributed by atoms with van der Waals surface area (Å²) in [5.74, 6) is -1.09. The summed E-state index contributed by atoms with van der Waals surface area (Å²) < 4.78 is 28.7. The number of carbonyl (C=O) groups is 2. The molecule has 0 saturated carbocycles. The van der Waals surface area contributed by atoms with E-state index >= 15 is 0 Å². The van der Waals surface area contributed by atoms with Crippen LogP contribution in [-0.2, 0) is 32.3 Å². The maximum absolute atomic E-state index is 12.8. The van der Waals surface area contributed by atoms with Crippen molar-refractivity contribution in [3.05, 3.63) is 23.8 Å². The van der Waals surface area contributed by atoms with Gasteiger partial charge in [0.15, 0.2) is 5.73 Å². The van der Waals surface area contributed by atoms with Crippen molar-refractivity contribution >= 4 is 20.7 Å². The summed E-state index contributed by atoms with van der Waals surface area (Å²) in [5, 5.41) is 0. The van der Waals surface area contributed by atoms with E-state index in [4.69, 9.17) is 22.8 Å². The van der Waals surface area contributed by atoms with Crippen molar-refractivity contribution in [2.45, 2.75) is 124 Å². The molecule has 0 aliphatic rings. The monoisotopic (exact) mass is 542 g/mol. The standard InChI is InChI=1S/C29H54O7Si/c1-8-13-14-15-16-17-18-19-20-21-22-23-32-28(30)25(6)24-26(7)29(31)36-27(9-2)37(33-10-3,34-11-4)35-12-5/h24,27H,6,8-23H2,1-5,7H3/b26-24+. The van der Waals surface area contributed by atoms with Crippen LogP contribution in [0.3, 0.4) is 0 Å². The van der Waals surface area contributed by atoms with Gasteiger partial charge in [0.2, 0.25) is 0 Å². The zero-order valence-electron chi connectivity index (χ0n) is 24.5. The fraction of sp³-hybridized carbons (Fsp3) is 0.793. The van der Waals surface area contributed by atoms with Gasteiger partial charge in [0, 0.05) is 25.4 Å². The molecule has 7 nitrogen and oxygen atoms in total. The van der Waals surface area contributed by atoms with E-state index in [1.54, 1.807) is 6.92 Å². The lowest BCUT2D eigenvalue weighted by Gasteiger charge is -2.34. The van der Waals surface area contributed by atoms with Crippen LogP contribution in [0.4, 0.5) is 0 Å². The highest BCUT2D eigenvalue weighted by Gasteiger charge is 2.51. The Morgan fingerprint density at radius 2 is 1.19 bits per heavy atom. The maximum atomic E-state index is 12.8. The molecular formula is C29H54O7Si. The molecule has 216 valence electrons. The first-order valence-electron chi connectivity index (χ1n) is 14.5. The van der Waals surface area contributed by atoms with Crippen molar-refractivity contribution < 1.29 is 32.3 Å². The van der Waals surface area contributed by atoms with Crippen LogP contribution in [0, 0.1) is 0 Å². The normalized spacial score (nSPS) is 12.9. The van der Waals surface area contributed by atoms with Gasteiger partial charge in [-0.3, -0.25) is 0 Å². The van der Waals surface area contributed by atoms with Crippen molar-refractivity contribution in [1.82, 2.24) is 0 Å². The molecular weight excluding hydrogens is 488 g/mol. The Kier molecular flexibility index (Phi) is 21.6. The first-order chi connectivity index (χ1) is 17.8. The minimum atomic E-state index is -3.22. The fourth-order valence-corrected chi connectivity index (χ4v) is 6.80. The Morgan fingerprint density at radius 1 is 0.730 bits per heavy atom. The van der Waals surface area contributed by atoms with E-state index < -0.39 is 26.5 Å². The molecule has 0 spiro atoms. The van der Waals surface area contributed by atoms with Crippen molar-refractivity contribution in [2.24, 2.45) is 0 Å². The number of esters is 2. The molecule has 0 aliphatic carbocycles. The van der Waals surface area contributed by atoms with Gasteiger partial charge in [0.25, 0.3) is 0 Å². The fourth-order valence-electron chi connectivity index (χ4n) is 4.04. The second kappa shape index (κ2) is 22.5. The summed E-state index contributed by atoms with van der Waals surface area (Å²) in [6, 6.07) is 0. The highest BCUT2D eigenvalue weighted by Crippen LogP contribution is 2.22. The van der Waals surface area contributed by atoms with Crippen LogP contribution in [-0.4, -0.2) is 52.9 Å².